The molecule has 3 nitrogen and oxygen atoms in total. The Morgan fingerprint density at radius 3 is 2.81 bits per heavy atom. The Morgan fingerprint density at radius 2 is 2.06 bits per heavy atom. The summed E-state index contributed by atoms with van der Waals surface area (Å²) in [5.74, 6) is -0.149. The van der Waals surface area contributed by atoms with E-state index in [2.05, 4.69) is 4.98 Å². The lowest BCUT2D eigenvalue weighted by atomic mass is 10.3. The lowest BCUT2D eigenvalue weighted by Gasteiger charge is -2.06. The zero-order valence-electron chi connectivity index (χ0n) is 8.56. The van der Waals surface area contributed by atoms with E-state index in [-0.39, 0.29) is 18.2 Å². The highest BCUT2D eigenvalue weighted by molar-refractivity contribution is 5.37. The van der Waals surface area contributed by atoms with Gasteiger partial charge in [0.15, 0.2) is 11.6 Å². The number of anilines is 1. The molecule has 0 aliphatic carbocycles. The Morgan fingerprint density at radius 1 is 1.25 bits per heavy atom. The minimum Gasteiger partial charge on any atom is -0.486 e. The van der Waals surface area contributed by atoms with Crippen molar-refractivity contribution in [2.24, 2.45) is 0 Å². The summed E-state index contributed by atoms with van der Waals surface area (Å²) in [6, 6.07) is 8.01. The number of nitrogens with zero attached hydrogens (tertiary/aromatic N) is 1. The van der Waals surface area contributed by atoms with Crippen LogP contribution in [0.4, 0.5) is 10.1 Å². The summed E-state index contributed by atoms with van der Waals surface area (Å²) in [6.45, 7) is 0.249. The summed E-state index contributed by atoms with van der Waals surface area (Å²) >= 11 is 0. The molecule has 2 N–H and O–H groups in total. The third-order valence-electron chi connectivity index (χ3n) is 2.05. The summed E-state index contributed by atoms with van der Waals surface area (Å²) in [5.41, 5.74) is 6.94. The molecular weight excluding hydrogens is 207 g/mol. The van der Waals surface area contributed by atoms with Crippen molar-refractivity contribution in [3.05, 3.63) is 54.1 Å². The molecule has 0 spiro atoms. The van der Waals surface area contributed by atoms with Crippen LogP contribution in [0.1, 0.15) is 5.56 Å². The predicted octanol–water partition coefficient (Wildman–Crippen LogP) is 2.38. The standard InChI is InChI=1S/C12H11FN2O/c13-11-3-1-2-4-12(11)16-8-9-5-10(14)7-15-6-9/h1-7H,8,14H2. The van der Waals surface area contributed by atoms with Crippen molar-refractivity contribution in [2.75, 3.05) is 5.73 Å². The van der Waals surface area contributed by atoms with Gasteiger partial charge < -0.3 is 10.5 Å². The molecule has 0 aliphatic heterocycles. The van der Waals surface area contributed by atoms with Gasteiger partial charge in [-0.15, -0.1) is 0 Å². The molecule has 4 heteroatoms. The number of para-hydroxylation sites is 1. The van der Waals surface area contributed by atoms with Crippen LogP contribution < -0.4 is 10.5 Å². The molecule has 1 heterocycles. The van der Waals surface area contributed by atoms with Crippen molar-refractivity contribution < 1.29 is 9.13 Å². The fourth-order valence-corrected chi connectivity index (χ4v) is 1.31. The minimum atomic E-state index is -0.376. The van der Waals surface area contributed by atoms with E-state index in [0.717, 1.165) is 5.56 Å². The topological polar surface area (TPSA) is 48.1 Å². The van der Waals surface area contributed by atoms with E-state index >= 15 is 0 Å². The second kappa shape index (κ2) is 4.61. The number of hydrogen-bond donors (Lipinski definition) is 1. The normalized spacial score (nSPS) is 10.1. The molecule has 1 aromatic carbocycles. The molecule has 2 rings (SSSR count). The van der Waals surface area contributed by atoms with Crippen LogP contribution in [-0.2, 0) is 6.61 Å². The Labute approximate surface area is 92.7 Å². The highest BCUT2D eigenvalue weighted by Crippen LogP contribution is 2.17. The highest BCUT2D eigenvalue weighted by atomic mass is 19.1. The first-order valence-electron chi connectivity index (χ1n) is 4.82. The molecule has 0 unspecified atom stereocenters. The Bertz CT molecular complexity index is 488. The van der Waals surface area contributed by atoms with Gasteiger partial charge in [0.05, 0.1) is 5.69 Å². The first kappa shape index (κ1) is 10.4. The van der Waals surface area contributed by atoms with Gasteiger partial charge in [0.1, 0.15) is 6.61 Å². The quantitative estimate of drug-likeness (QED) is 0.860. The van der Waals surface area contributed by atoms with Gasteiger partial charge in [-0.3, -0.25) is 4.98 Å². The number of aromatic nitrogens is 1. The van der Waals surface area contributed by atoms with E-state index in [1.807, 2.05) is 0 Å². The Kier molecular flexibility index (Phi) is 3.00. The van der Waals surface area contributed by atoms with Gasteiger partial charge in [0.2, 0.25) is 0 Å². The number of hydrogen-bond acceptors (Lipinski definition) is 3. The van der Waals surface area contributed by atoms with Crippen molar-refractivity contribution >= 4 is 5.69 Å². The van der Waals surface area contributed by atoms with E-state index in [1.54, 1.807) is 36.7 Å². The fourth-order valence-electron chi connectivity index (χ4n) is 1.31. The van der Waals surface area contributed by atoms with Crippen LogP contribution >= 0.6 is 0 Å². The molecule has 0 saturated carbocycles. The number of pyridine rings is 1. The number of benzene rings is 1. The van der Waals surface area contributed by atoms with Crippen molar-refractivity contribution in [1.29, 1.82) is 0 Å². The molecule has 0 atom stereocenters. The monoisotopic (exact) mass is 218 g/mol. The average Bonchev–Trinajstić information content (AvgIpc) is 2.28. The van der Waals surface area contributed by atoms with Crippen LogP contribution in [0.3, 0.4) is 0 Å². The summed E-state index contributed by atoms with van der Waals surface area (Å²) in [6.07, 6.45) is 3.18. The summed E-state index contributed by atoms with van der Waals surface area (Å²) < 4.78 is 18.5. The summed E-state index contributed by atoms with van der Waals surface area (Å²) in [4.78, 5) is 3.92. The number of ether oxygens (including phenoxy) is 1. The molecule has 16 heavy (non-hydrogen) atoms. The van der Waals surface area contributed by atoms with Gasteiger partial charge in [-0.1, -0.05) is 12.1 Å². The molecule has 0 aliphatic rings. The van der Waals surface area contributed by atoms with Gasteiger partial charge in [-0.25, -0.2) is 4.39 Å². The maximum atomic E-state index is 13.2. The maximum Gasteiger partial charge on any atom is 0.165 e. The van der Waals surface area contributed by atoms with Crippen molar-refractivity contribution in [1.82, 2.24) is 4.98 Å². The molecule has 0 fully saturated rings. The van der Waals surface area contributed by atoms with E-state index in [0.29, 0.717) is 5.69 Å². The average molecular weight is 218 g/mol. The van der Waals surface area contributed by atoms with Gasteiger partial charge in [-0.2, -0.15) is 0 Å². The maximum absolute atomic E-state index is 13.2. The van der Waals surface area contributed by atoms with Crippen molar-refractivity contribution in [3.8, 4) is 5.75 Å². The lowest BCUT2D eigenvalue weighted by molar-refractivity contribution is 0.290. The van der Waals surface area contributed by atoms with Gasteiger partial charge >= 0.3 is 0 Å². The number of nitrogen functional groups attached to an aromatic ring is 1. The first-order chi connectivity index (χ1) is 7.75. The van der Waals surface area contributed by atoms with Crippen LogP contribution in [0.25, 0.3) is 0 Å². The smallest absolute Gasteiger partial charge is 0.165 e. The zero-order valence-corrected chi connectivity index (χ0v) is 8.56. The second-order valence-corrected chi connectivity index (χ2v) is 3.35. The van der Waals surface area contributed by atoms with E-state index in [4.69, 9.17) is 10.5 Å². The van der Waals surface area contributed by atoms with Crippen LogP contribution in [0.5, 0.6) is 5.75 Å². The van der Waals surface area contributed by atoms with Crippen LogP contribution in [-0.4, -0.2) is 4.98 Å². The molecular formula is C12H11FN2O. The lowest BCUT2D eigenvalue weighted by Crippen LogP contribution is -1.99. The van der Waals surface area contributed by atoms with Gasteiger partial charge in [-0.05, 0) is 18.2 Å². The Hall–Kier alpha value is -2.10. The largest absolute Gasteiger partial charge is 0.486 e. The molecule has 0 saturated heterocycles. The third kappa shape index (κ3) is 2.48. The van der Waals surface area contributed by atoms with Crippen LogP contribution in [0.15, 0.2) is 42.7 Å². The number of rotatable bonds is 3. The predicted molar refractivity (Wildman–Crippen MR) is 59.4 cm³/mol. The Balaban J connectivity index is 2.05. The van der Waals surface area contributed by atoms with E-state index < -0.39 is 0 Å². The van der Waals surface area contributed by atoms with Crippen LogP contribution in [0.2, 0.25) is 0 Å². The van der Waals surface area contributed by atoms with Crippen LogP contribution in [0, 0.1) is 5.82 Å². The molecule has 0 amide bonds. The SMILES string of the molecule is Nc1cncc(COc2ccccc2F)c1. The van der Waals surface area contributed by atoms with E-state index in [1.165, 1.54) is 6.07 Å². The zero-order chi connectivity index (χ0) is 11.4. The summed E-state index contributed by atoms with van der Waals surface area (Å²) in [7, 11) is 0. The second-order valence-electron chi connectivity index (χ2n) is 3.35. The molecule has 82 valence electrons. The van der Waals surface area contributed by atoms with Gasteiger partial charge in [0.25, 0.3) is 0 Å². The van der Waals surface area contributed by atoms with Gasteiger partial charge in [0, 0.05) is 18.0 Å². The van der Waals surface area contributed by atoms with Crippen molar-refractivity contribution in [2.45, 2.75) is 6.61 Å². The first-order valence-corrected chi connectivity index (χ1v) is 4.82. The molecule has 2 aromatic rings. The number of halogens is 1. The summed E-state index contributed by atoms with van der Waals surface area (Å²) in [5, 5.41) is 0. The molecule has 0 radical (unpaired) electrons. The minimum absolute atomic E-state index is 0.227. The third-order valence-corrected chi connectivity index (χ3v) is 2.05. The number of nitrogens with two attached hydrogens (primary N) is 1. The molecule has 1 aromatic heterocycles. The molecule has 0 bridgehead atoms. The van der Waals surface area contributed by atoms with Crippen molar-refractivity contribution in [3.63, 3.8) is 0 Å². The fraction of sp³-hybridized carbons (Fsp3) is 0.0833. The van der Waals surface area contributed by atoms with E-state index in [9.17, 15) is 4.39 Å². The highest BCUT2D eigenvalue weighted by Gasteiger charge is 2.02.